The average Bonchev–Trinajstić information content (AvgIpc) is 2.52. The Morgan fingerprint density at radius 1 is 1.24 bits per heavy atom. The second-order valence-electron chi connectivity index (χ2n) is 5.09. The first-order valence-electron chi connectivity index (χ1n) is 7.06. The molecular formula is C15H20N2O4. The van der Waals surface area contributed by atoms with Crippen LogP contribution in [0.5, 0.6) is 0 Å². The molecule has 1 aromatic carbocycles. The van der Waals surface area contributed by atoms with Crippen LogP contribution in [-0.2, 0) is 21.0 Å². The summed E-state index contributed by atoms with van der Waals surface area (Å²) in [5.74, 6) is -1.16. The summed E-state index contributed by atoms with van der Waals surface area (Å²) < 4.78 is 0. The number of hydrogen-bond donors (Lipinski definition) is 2. The fraction of sp³-hybridized carbons (Fsp3) is 0.467. The summed E-state index contributed by atoms with van der Waals surface area (Å²) in [6.45, 7) is 1.49. The van der Waals surface area contributed by atoms with E-state index in [0.717, 1.165) is 5.56 Å². The average molecular weight is 292 g/mol. The lowest BCUT2D eigenvalue weighted by Crippen LogP contribution is -2.44. The van der Waals surface area contributed by atoms with E-state index in [-0.39, 0.29) is 18.4 Å². The first-order chi connectivity index (χ1) is 10.2. The molecule has 1 saturated heterocycles. The Morgan fingerprint density at radius 3 is 2.52 bits per heavy atom. The summed E-state index contributed by atoms with van der Waals surface area (Å²) in [4.78, 5) is 29.7. The molecule has 1 fully saturated rings. The fourth-order valence-electron chi connectivity index (χ4n) is 2.31. The summed E-state index contributed by atoms with van der Waals surface area (Å²) in [6, 6.07) is 9.68. The van der Waals surface area contributed by atoms with Gasteiger partial charge in [-0.05, 0) is 18.4 Å². The van der Waals surface area contributed by atoms with E-state index in [2.05, 4.69) is 5.48 Å². The van der Waals surface area contributed by atoms with Gasteiger partial charge in [0, 0.05) is 13.1 Å². The van der Waals surface area contributed by atoms with Gasteiger partial charge in [0.1, 0.15) is 6.54 Å². The van der Waals surface area contributed by atoms with Crippen molar-refractivity contribution in [3.63, 3.8) is 0 Å². The number of hydroxylamine groups is 1. The molecule has 1 aliphatic heterocycles. The molecule has 0 spiro atoms. The third kappa shape index (κ3) is 4.84. The normalized spacial score (nSPS) is 15.9. The molecule has 1 aliphatic rings. The third-order valence-corrected chi connectivity index (χ3v) is 3.60. The number of piperidine rings is 1. The van der Waals surface area contributed by atoms with Crippen molar-refractivity contribution < 1.29 is 19.5 Å². The lowest BCUT2D eigenvalue weighted by atomic mass is 9.97. The van der Waals surface area contributed by atoms with Crippen LogP contribution in [0.15, 0.2) is 30.3 Å². The lowest BCUT2D eigenvalue weighted by molar-refractivity contribution is -0.146. The highest BCUT2D eigenvalue weighted by molar-refractivity contribution is 5.78. The van der Waals surface area contributed by atoms with Gasteiger partial charge in [-0.1, -0.05) is 30.3 Å². The van der Waals surface area contributed by atoms with Crippen LogP contribution in [0.25, 0.3) is 0 Å². The number of likely N-dealkylation sites (tertiary alicyclic amines) is 1. The van der Waals surface area contributed by atoms with Crippen LogP contribution in [-0.4, -0.2) is 41.5 Å². The summed E-state index contributed by atoms with van der Waals surface area (Å²) in [7, 11) is 0. The molecule has 6 heteroatoms. The maximum atomic E-state index is 11.9. The van der Waals surface area contributed by atoms with E-state index in [0.29, 0.717) is 32.5 Å². The molecule has 114 valence electrons. The first-order valence-corrected chi connectivity index (χ1v) is 7.06. The van der Waals surface area contributed by atoms with Gasteiger partial charge in [-0.25, -0.2) is 0 Å². The van der Waals surface area contributed by atoms with E-state index in [4.69, 9.17) is 9.94 Å². The zero-order valence-corrected chi connectivity index (χ0v) is 11.8. The van der Waals surface area contributed by atoms with Gasteiger partial charge < -0.3 is 10.0 Å². The van der Waals surface area contributed by atoms with Crippen LogP contribution >= 0.6 is 0 Å². The molecule has 1 heterocycles. The minimum Gasteiger partial charge on any atom is -0.481 e. The highest BCUT2D eigenvalue weighted by atomic mass is 16.6. The second kappa shape index (κ2) is 7.75. The van der Waals surface area contributed by atoms with E-state index in [1.165, 1.54) is 0 Å². The smallest absolute Gasteiger partial charge is 0.306 e. The maximum Gasteiger partial charge on any atom is 0.306 e. The zero-order chi connectivity index (χ0) is 15.1. The lowest BCUT2D eigenvalue weighted by Gasteiger charge is -2.30. The molecule has 1 amide bonds. The Bertz CT molecular complexity index is 470. The fourth-order valence-corrected chi connectivity index (χ4v) is 2.31. The van der Waals surface area contributed by atoms with Crippen molar-refractivity contribution in [1.29, 1.82) is 0 Å². The second-order valence-corrected chi connectivity index (χ2v) is 5.09. The highest BCUT2D eigenvalue weighted by Crippen LogP contribution is 2.17. The molecular weight excluding hydrogens is 272 g/mol. The molecule has 2 rings (SSSR count). The number of carboxylic acids is 1. The topological polar surface area (TPSA) is 78.9 Å². The van der Waals surface area contributed by atoms with Crippen LogP contribution in [0.2, 0.25) is 0 Å². The number of nitrogens with one attached hydrogen (secondary N) is 1. The molecule has 21 heavy (non-hydrogen) atoms. The Labute approximate surface area is 123 Å². The summed E-state index contributed by atoms with van der Waals surface area (Å²) >= 11 is 0. The number of nitrogens with zero attached hydrogens (tertiary/aromatic N) is 1. The number of hydrogen-bond acceptors (Lipinski definition) is 4. The van der Waals surface area contributed by atoms with Crippen molar-refractivity contribution >= 4 is 11.9 Å². The third-order valence-electron chi connectivity index (χ3n) is 3.60. The predicted molar refractivity (Wildman–Crippen MR) is 76.2 cm³/mol. The molecule has 0 bridgehead atoms. The Kier molecular flexibility index (Phi) is 5.71. The zero-order valence-electron chi connectivity index (χ0n) is 11.8. The van der Waals surface area contributed by atoms with Gasteiger partial charge in [0.15, 0.2) is 0 Å². The number of benzene rings is 1. The number of amides is 1. The quantitative estimate of drug-likeness (QED) is 0.605. The Morgan fingerprint density at radius 2 is 1.90 bits per heavy atom. The monoisotopic (exact) mass is 292 g/mol. The minimum atomic E-state index is -0.772. The molecule has 6 nitrogen and oxygen atoms in total. The van der Waals surface area contributed by atoms with Crippen molar-refractivity contribution in [1.82, 2.24) is 10.4 Å². The first kappa shape index (κ1) is 15.5. The van der Waals surface area contributed by atoms with E-state index in [1.54, 1.807) is 4.90 Å². The number of rotatable bonds is 6. The van der Waals surface area contributed by atoms with Crippen molar-refractivity contribution in [2.75, 3.05) is 19.6 Å². The molecule has 0 saturated carbocycles. The molecule has 1 aromatic rings. The van der Waals surface area contributed by atoms with E-state index in [1.807, 2.05) is 30.3 Å². The molecule has 0 aromatic heterocycles. The number of carbonyl (C=O) groups is 2. The van der Waals surface area contributed by atoms with Crippen molar-refractivity contribution in [2.24, 2.45) is 5.92 Å². The summed E-state index contributed by atoms with van der Waals surface area (Å²) in [5.41, 5.74) is 3.68. The van der Waals surface area contributed by atoms with Crippen LogP contribution in [0.4, 0.5) is 0 Å². The molecule has 0 radical (unpaired) electrons. The Hall–Kier alpha value is -1.92. The van der Waals surface area contributed by atoms with Crippen LogP contribution in [0, 0.1) is 5.92 Å². The number of aliphatic carboxylic acids is 1. The Balaban J connectivity index is 1.63. The molecule has 0 aliphatic carbocycles. The maximum absolute atomic E-state index is 11.9. The van der Waals surface area contributed by atoms with Gasteiger partial charge in [-0.3, -0.25) is 14.4 Å². The predicted octanol–water partition coefficient (Wildman–Crippen LogP) is 1.03. The number of carboxylic acid groups (broad SMARTS) is 1. The van der Waals surface area contributed by atoms with Gasteiger partial charge in [-0.15, -0.1) is 0 Å². The largest absolute Gasteiger partial charge is 0.481 e. The van der Waals surface area contributed by atoms with E-state index in [9.17, 15) is 9.59 Å². The van der Waals surface area contributed by atoms with Crippen LogP contribution in [0.1, 0.15) is 18.4 Å². The van der Waals surface area contributed by atoms with Crippen molar-refractivity contribution in [3.8, 4) is 0 Å². The molecule has 0 atom stereocenters. The van der Waals surface area contributed by atoms with E-state index < -0.39 is 5.97 Å². The highest BCUT2D eigenvalue weighted by Gasteiger charge is 2.26. The standard InChI is InChI=1S/C15H20N2O4/c18-14(17-8-6-13(7-9-17)15(19)20)10-16-21-11-12-4-2-1-3-5-12/h1-5,13,16H,6-11H2,(H,19,20). The van der Waals surface area contributed by atoms with Crippen LogP contribution in [0.3, 0.4) is 0 Å². The summed E-state index contributed by atoms with van der Waals surface area (Å²) in [5, 5.41) is 8.91. The van der Waals surface area contributed by atoms with Gasteiger partial charge in [0.2, 0.25) is 5.91 Å². The van der Waals surface area contributed by atoms with E-state index >= 15 is 0 Å². The van der Waals surface area contributed by atoms with Crippen molar-refractivity contribution in [3.05, 3.63) is 35.9 Å². The van der Waals surface area contributed by atoms with Gasteiger partial charge in [0.05, 0.1) is 12.5 Å². The summed E-state index contributed by atoms with van der Waals surface area (Å²) in [6.07, 6.45) is 1.04. The molecule has 0 unspecified atom stereocenters. The molecule has 2 N–H and O–H groups in total. The van der Waals surface area contributed by atoms with Gasteiger partial charge >= 0.3 is 5.97 Å². The van der Waals surface area contributed by atoms with Gasteiger partial charge in [-0.2, -0.15) is 5.48 Å². The van der Waals surface area contributed by atoms with Crippen molar-refractivity contribution in [2.45, 2.75) is 19.4 Å². The number of carbonyl (C=O) groups excluding carboxylic acids is 1. The minimum absolute atomic E-state index is 0.0631. The van der Waals surface area contributed by atoms with Crippen LogP contribution < -0.4 is 5.48 Å². The van der Waals surface area contributed by atoms with Gasteiger partial charge in [0.25, 0.3) is 0 Å². The SMILES string of the molecule is O=C(O)C1CCN(C(=O)CNOCc2ccccc2)CC1.